The summed E-state index contributed by atoms with van der Waals surface area (Å²) in [6.07, 6.45) is 1.70. The first-order valence-electron chi connectivity index (χ1n) is 5.96. The fourth-order valence-corrected chi connectivity index (χ4v) is 4.18. The van der Waals surface area contributed by atoms with E-state index in [4.69, 9.17) is 4.74 Å². The lowest BCUT2D eigenvalue weighted by atomic mass is 9.67. The fraction of sp³-hybridized carbons (Fsp3) is 0.692. The van der Waals surface area contributed by atoms with Crippen LogP contribution in [0.5, 0.6) is 0 Å². The van der Waals surface area contributed by atoms with Gasteiger partial charge in [0.05, 0.1) is 13.0 Å². The number of rotatable bonds is 1. The second-order valence-corrected chi connectivity index (χ2v) is 5.81. The normalized spacial score (nSPS) is 48.2. The van der Waals surface area contributed by atoms with Crippen molar-refractivity contribution >= 4 is 11.8 Å². The van der Waals surface area contributed by atoms with Crippen molar-refractivity contribution < 1.29 is 19.4 Å². The van der Waals surface area contributed by atoms with Crippen LogP contribution < -0.4 is 0 Å². The third-order valence-electron chi connectivity index (χ3n) is 5.12. The molecule has 3 fully saturated rings. The van der Waals surface area contributed by atoms with Gasteiger partial charge >= 0.3 is 5.97 Å². The lowest BCUT2D eigenvalue weighted by Crippen LogP contribution is -2.50. The van der Waals surface area contributed by atoms with Crippen molar-refractivity contribution in [3.8, 4) is 0 Å². The standard InChI is InChI=1S/C13H16O4/c1-8-3-4-13-11(2,7-14)5-9(15)12(8,13)6-10(16)17-13/h14H,1,3-7H2,2H3/t11-,12-,13-/m0/s1. The Morgan fingerprint density at radius 1 is 1.41 bits per heavy atom. The molecule has 92 valence electrons. The number of ketones is 1. The van der Waals surface area contributed by atoms with Crippen molar-refractivity contribution in [2.75, 3.05) is 6.61 Å². The summed E-state index contributed by atoms with van der Waals surface area (Å²) in [4.78, 5) is 24.0. The molecular formula is C13H16O4. The van der Waals surface area contributed by atoms with Crippen molar-refractivity contribution in [3.63, 3.8) is 0 Å². The minimum atomic E-state index is -0.846. The van der Waals surface area contributed by atoms with Gasteiger partial charge in [-0.3, -0.25) is 9.59 Å². The first kappa shape index (κ1) is 11.0. The molecule has 0 radical (unpaired) electrons. The Morgan fingerprint density at radius 3 is 2.76 bits per heavy atom. The van der Waals surface area contributed by atoms with E-state index in [0.29, 0.717) is 12.8 Å². The lowest BCUT2D eigenvalue weighted by molar-refractivity contribution is -0.164. The summed E-state index contributed by atoms with van der Waals surface area (Å²) in [5.74, 6) is -0.319. The lowest BCUT2D eigenvalue weighted by Gasteiger charge is -2.40. The number of hydrogen-bond donors (Lipinski definition) is 1. The van der Waals surface area contributed by atoms with E-state index in [0.717, 1.165) is 5.57 Å². The third kappa shape index (κ3) is 0.876. The largest absolute Gasteiger partial charge is 0.457 e. The summed E-state index contributed by atoms with van der Waals surface area (Å²) in [7, 11) is 0. The van der Waals surface area contributed by atoms with Crippen LogP contribution in [0.15, 0.2) is 12.2 Å². The quantitative estimate of drug-likeness (QED) is 0.544. The molecule has 3 rings (SSSR count). The van der Waals surface area contributed by atoms with Crippen LogP contribution in [0.2, 0.25) is 0 Å². The number of aliphatic hydroxyl groups is 1. The van der Waals surface area contributed by atoms with Gasteiger partial charge in [-0.25, -0.2) is 0 Å². The smallest absolute Gasteiger partial charge is 0.307 e. The van der Waals surface area contributed by atoms with E-state index in [1.165, 1.54) is 0 Å². The average molecular weight is 236 g/mol. The molecule has 17 heavy (non-hydrogen) atoms. The number of aliphatic hydroxyl groups excluding tert-OH is 1. The van der Waals surface area contributed by atoms with Crippen LogP contribution in [0.3, 0.4) is 0 Å². The van der Waals surface area contributed by atoms with E-state index in [1.807, 2.05) is 6.92 Å². The third-order valence-corrected chi connectivity index (χ3v) is 5.12. The molecule has 2 aliphatic carbocycles. The molecule has 1 aliphatic heterocycles. The number of carbonyl (C=O) groups excluding carboxylic acids is 2. The van der Waals surface area contributed by atoms with Crippen molar-refractivity contribution in [1.82, 2.24) is 0 Å². The van der Waals surface area contributed by atoms with Gasteiger partial charge in [-0.15, -0.1) is 0 Å². The summed E-state index contributed by atoms with van der Waals surface area (Å²) < 4.78 is 5.55. The molecule has 0 spiro atoms. The Labute approximate surface area is 99.6 Å². The maximum atomic E-state index is 12.4. The minimum absolute atomic E-state index is 0.0161. The topological polar surface area (TPSA) is 63.6 Å². The Bertz CT molecular complexity index is 454. The molecule has 0 bridgehead atoms. The highest BCUT2D eigenvalue weighted by molar-refractivity contribution is 6.00. The zero-order chi connectivity index (χ0) is 12.5. The van der Waals surface area contributed by atoms with Crippen molar-refractivity contribution in [3.05, 3.63) is 12.2 Å². The average Bonchev–Trinajstić information content (AvgIpc) is 2.78. The van der Waals surface area contributed by atoms with E-state index in [-0.39, 0.29) is 31.2 Å². The molecule has 2 saturated carbocycles. The van der Waals surface area contributed by atoms with Gasteiger partial charge in [0.15, 0.2) is 0 Å². The molecule has 0 aromatic carbocycles. The summed E-state index contributed by atoms with van der Waals surface area (Å²) in [6, 6.07) is 0. The van der Waals surface area contributed by atoms with Crippen LogP contribution in [0.25, 0.3) is 0 Å². The van der Waals surface area contributed by atoms with Crippen molar-refractivity contribution in [2.24, 2.45) is 10.8 Å². The highest BCUT2D eigenvalue weighted by Crippen LogP contribution is 2.70. The fourth-order valence-electron chi connectivity index (χ4n) is 4.18. The van der Waals surface area contributed by atoms with E-state index in [9.17, 15) is 14.7 Å². The van der Waals surface area contributed by atoms with Gasteiger partial charge in [-0.05, 0) is 12.8 Å². The second-order valence-electron chi connectivity index (χ2n) is 5.81. The van der Waals surface area contributed by atoms with Crippen LogP contribution in [-0.2, 0) is 14.3 Å². The first-order chi connectivity index (χ1) is 7.92. The molecule has 3 aliphatic rings. The number of Topliss-reactive ketones (excluding diaryl/α,β-unsaturated/α-hetero) is 1. The number of carbonyl (C=O) groups is 2. The second kappa shape index (κ2) is 2.80. The molecular weight excluding hydrogens is 220 g/mol. The highest BCUT2D eigenvalue weighted by Gasteiger charge is 2.79. The predicted molar refractivity (Wildman–Crippen MR) is 59.1 cm³/mol. The molecule has 0 unspecified atom stereocenters. The van der Waals surface area contributed by atoms with Gasteiger partial charge in [0.2, 0.25) is 0 Å². The van der Waals surface area contributed by atoms with E-state index in [2.05, 4.69) is 6.58 Å². The Morgan fingerprint density at radius 2 is 2.12 bits per heavy atom. The van der Waals surface area contributed by atoms with Gasteiger partial charge in [0, 0.05) is 11.8 Å². The Kier molecular flexibility index (Phi) is 1.81. The zero-order valence-corrected chi connectivity index (χ0v) is 9.91. The summed E-state index contributed by atoms with van der Waals surface area (Å²) in [6.45, 7) is 5.67. The molecule has 0 aromatic rings. The van der Waals surface area contributed by atoms with Crippen molar-refractivity contribution in [1.29, 1.82) is 0 Å². The van der Waals surface area contributed by atoms with Gasteiger partial charge < -0.3 is 9.84 Å². The number of ether oxygens (including phenoxy) is 1. The van der Waals surface area contributed by atoms with Crippen LogP contribution in [0.4, 0.5) is 0 Å². The zero-order valence-electron chi connectivity index (χ0n) is 9.91. The van der Waals surface area contributed by atoms with Crippen molar-refractivity contribution in [2.45, 2.75) is 38.2 Å². The number of esters is 1. The molecule has 4 heteroatoms. The molecule has 4 nitrogen and oxygen atoms in total. The van der Waals surface area contributed by atoms with E-state index >= 15 is 0 Å². The molecule has 1 N–H and O–H groups in total. The van der Waals surface area contributed by atoms with Crippen LogP contribution in [0, 0.1) is 10.8 Å². The molecule has 1 heterocycles. The maximum Gasteiger partial charge on any atom is 0.307 e. The van der Waals surface area contributed by atoms with Crippen LogP contribution in [-0.4, -0.2) is 29.1 Å². The van der Waals surface area contributed by atoms with Crippen LogP contribution >= 0.6 is 0 Å². The highest BCUT2D eigenvalue weighted by atomic mass is 16.6. The Hall–Kier alpha value is -1.16. The van der Waals surface area contributed by atoms with Gasteiger partial charge in [-0.2, -0.15) is 0 Å². The van der Waals surface area contributed by atoms with Gasteiger partial charge in [-0.1, -0.05) is 19.1 Å². The minimum Gasteiger partial charge on any atom is -0.457 e. The molecule has 3 atom stereocenters. The Balaban J connectivity index is 2.26. The van der Waals surface area contributed by atoms with Gasteiger partial charge in [0.1, 0.15) is 16.8 Å². The van der Waals surface area contributed by atoms with Crippen LogP contribution in [0.1, 0.15) is 32.6 Å². The van der Waals surface area contributed by atoms with Gasteiger partial charge in [0.25, 0.3) is 0 Å². The summed E-state index contributed by atoms with van der Waals surface area (Å²) in [5, 5.41) is 9.63. The summed E-state index contributed by atoms with van der Waals surface area (Å²) >= 11 is 0. The first-order valence-corrected chi connectivity index (χ1v) is 5.96. The van der Waals surface area contributed by atoms with E-state index in [1.54, 1.807) is 0 Å². The number of hydrogen-bond acceptors (Lipinski definition) is 4. The maximum absolute atomic E-state index is 12.4. The predicted octanol–water partition coefficient (Wildman–Crippen LogP) is 0.980. The summed E-state index contributed by atoms with van der Waals surface area (Å²) in [5.41, 5.74) is -1.53. The van der Waals surface area contributed by atoms with E-state index < -0.39 is 16.4 Å². The monoisotopic (exact) mass is 236 g/mol. The SMILES string of the molecule is C=C1CC[C@@]23OC(=O)C[C@@]12C(=O)C[C@@]3(C)CO. The molecule has 1 saturated heterocycles. The molecule has 0 amide bonds. The molecule has 0 aromatic heterocycles.